The maximum Gasteiger partial charge on any atom is 1.00 e. The Labute approximate surface area is 186 Å². The summed E-state index contributed by atoms with van der Waals surface area (Å²) in [6, 6.07) is 10.8. The van der Waals surface area contributed by atoms with Crippen molar-refractivity contribution < 1.29 is 52.4 Å². The van der Waals surface area contributed by atoms with Gasteiger partial charge in [-0.2, -0.15) is 0 Å². The van der Waals surface area contributed by atoms with Gasteiger partial charge >= 0.3 is 29.6 Å². The molecule has 28 heavy (non-hydrogen) atoms. The Balaban J connectivity index is 0.00000280. The van der Waals surface area contributed by atoms with Gasteiger partial charge in [-0.1, -0.05) is 30.3 Å². The molecule has 0 aromatic heterocycles. The van der Waals surface area contributed by atoms with Crippen LogP contribution < -0.4 is 29.6 Å². The molecule has 0 aliphatic heterocycles. The van der Waals surface area contributed by atoms with E-state index in [1.807, 2.05) is 0 Å². The average molecular weight is 404 g/mol. The van der Waals surface area contributed by atoms with Gasteiger partial charge < -0.3 is 9.66 Å². The van der Waals surface area contributed by atoms with Gasteiger partial charge in [0.15, 0.2) is 5.78 Å². The van der Waals surface area contributed by atoms with Gasteiger partial charge in [0.25, 0.3) is 0 Å². The van der Waals surface area contributed by atoms with Crippen LogP contribution in [0, 0.1) is 6.92 Å². The number of rotatable bonds is 3. The fraction of sp³-hybridized carbons (Fsp3) is 0.0952. The number of hydrogen-bond acceptors (Lipinski definition) is 5. The number of phenols is 1. The molecule has 0 saturated heterocycles. The molecule has 0 heterocycles. The van der Waals surface area contributed by atoms with E-state index in [0.29, 0.717) is 27.8 Å². The first-order valence-electron chi connectivity index (χ1n) is 8.19. The summed E-state index contributed by atoms with van der Waals surface area (Å²) < 4.78 is 35.5. The maximum atomic E-state index is 11.8. The number of phenolic OH excluding ortho intramolecular Hbond substituents is 1. The zero-order valence-corrected chi connectivity index (χ0v) is 18.6. The maximum absolute atomic E-state index is 11.8. The topological polar surface area (TPSA) is 94.5 Å². The standard InChI is InChI=1S/C21H18O5S.Na/c1-13-12-16(22)8-9-17(13)21(15-7-10-19(23)14(2)11-15)18-5-3-4-6-20(18)27(24,25)26;/h3-12,23H,1-2H3,(H,24,25,26);/q;+1/p-1/b21-17+;. The molecule has 2 aromatic carbocycles. The van der Waals surface area contributed by atoms with Gasteiger partial charge in [-0.15, -0.1) is 0 Å². The van der Waals surface area contributed by atoms with Crippen LogP contribution in [0.15, 0.2) is 76.7 Å². The molecule has 0 fully saturated rings. The van der Waals surface area contributed by atoms with Crippen molar-refractivity contribution >= 4 is 21.5 Å². The third kappa shape index (κ3) is 4.54. The number of carbonyl (C=O) groups is 1. The molecule has 0 atom stereocenters. The van der Waals surface area contributed by atoms with Crippen molar-refractivity contribution in [3.05, 3.63) is 88.5 Å². The number of ketones is 1. The summed E-state index contributed by atoms with van der Waals surface area (Å²) in [4.78, 5) is 11.3. The first-order chi connectivity index (χ1) is 12.7. The van der Waals surface area contributed by atoms with Crippen LogP contribution >= 0.6 is 0 Å². The largest absolute Gasteiger partial charge is 1.00 e. The molecular weight excluding hydrogens is 387 g/mol. The Morgan fingerprint density at radius 1 is 1.04 bits per heavy atom. The molecule has 0 bridgehead atoms. The van der Waals surface area contributed by atoms with Crippen molar-refractivity contribution in [1.29, 1.82) is 0 Å². The molecular formula is C21H17NaO5S. The minimum Gasteiger partial charge on any atom is -0.744 e. The van der Waals surface area contributed by atoms with Gasteiger partial charge in [0, 0.05) is 5.56 Å². The van der Waals surface area contributed by atoms with E-state index in [0.717, 1.165) is 0 Å². The van der Waals surface area contributed by atoms with E-state index in [1.54, 1.807) is 44.2 Å². The second kappa shape index (κ2) is 8.59. The molecule has 0 amide bonds. The smallest absolute Gasteiger partial charge is 0.744 e. The SMILES string of the molecule is CC1=CC(=O)C=C/C1=C(/c1ccc(O)c(C)c1)c1ccccc1S(=O)(=O)[O-].[Na+]. The molecule has 138 valence electrons. The summed E-state index contributed by atoms with van der Waals surface area (Å²) in [6.07, 6.45) is 4.46. The monoisotopic (exact) mass is 404 g/mol. The molecule has 0 saturated carbocycles. The Bertz CT molecular complexity index is 1140. The number of hydrogen-bond donors (Lipinski definition) is 1. The molecule has 2 aromatic rings. The van der Waals surface area contributed by atoms with Gasteiger partial charge in [0.2, 0.25) is 0 Å². The van der Waals surface area contributed by atoms with Crippen molar-refractivity contribution in [1.82, 2.24) is 0 Å². The van der Waals surface area contributed by atoms with Crippen LogP contribution in [0.4, 0.5) is 0 Å². The van der Waals surface area contributed by atoms with E-state index in [1.165, 1.54) is 30.4 Å². The van der Waals surface area contributed by atoms with E-state index in [2.05, 4.69) is 0 Å². The third-order valence-electron chi connectivity index (χ3n) is 4.38. The molecule has 1 aliphatic carbocycles. The Morgan fingerprint density at radius 3 is 2.32 bits per heavy atom. The molecule has 0 radical (unpaired) electrons. The van der Waals surface area contributed by atoms with Crippen LogP contribution in [-0.2, 0) is 14.9 Å². The van der Waals surface area contributed by atoms with Gasteiger partial charge in [0.1, 0.15) is 15.9 Å². The van der Waals surface area contributed by atoms with Gasteiger partial charge in [-0.25, -0.2) is 8.42 Å². The summed E-state index contributed by atoms with van der Waals surface area (Å²) in [7, 11) is -4.72. The van der Waals surface area contributed by atoms with Gasteiger partial charge in [0.05, 0.1) is 4.90 Å². The fourth-order valence-corrected chi connectivity index (χ4v) is 3.76. The first-order valence-corrected chi connectivity index (χ1v) is 9.59. The summed E-state index contributed by atoms with van der Waals surface area (Å²) in [5.74, 6) is -0.0586. The van der Waals surface area contributed by atoms with Crippen molar-refractivity contribution in [3.63, 3.8) is 0 Å². The number of allylic oxidation sites excluding steroid dienone is 5. The number of aryl methyl sites for hydroxylation is 1. The van der Waals surface area contributed by atoms with E-state index in [4.69, 9.17) is 0 Å². The third-order valence-corrected chi connectivity index (χ3v) is 5.27. The average Bonchev–Trinajstić information content (AvgIpc) is 2.59. The van der Waals surface area contributed by atoms with Crippen LogP contribution in [0.2, 0.25) is 0 Å². The fourth-order valence-electron chi connectivity index (χ4n) is 3.07. The van der Waals surface area contributed by atoms with Crippen LogP contribution in [0.25, 0.3) is 5.57 Å². The zero-order chi connectivity index (χ0) is 19.8. The van der Waals surface area contributed by atoms with Crippen molar-refractivity contribution in [2.45, 2.75) is 18.7 Å². The Hall–Kier alpha value is -1.96. The minimum absolute atomic E-state index is 0. The van der Waals surface area contributed by atoms with Gasteiger partial charge in [-0.05, 0) is 72.0 Å². The summed E-state index contributed by atoms with van der Waals surface area (Å²) in [5.41, 5.74) is 3.27. The zero-order valence-electron chi connectivity index (χ0n) is 15.8. The predicted octanol–water partition coefficient (Wildman–Crippen LogP) is 0.496. The van der Waals surface area contributed by atoms with Crippen LogP contribution in [0.1, 0.15) is 23.6 Å². The number of aromatic hydroxyl groups is 1. The summed E-state index contributed by atoms with van der Waals surface area (Å²) in [6.45, 7) is 3.47. The minimum atomic E-state index is -4.72. The van der Waals surface area contributed by atoms with Gasteiger partial charge in [-0.3, -0.25) is 4.79 Å². The second-order valence-electron chi connectivity index (χ2n) is 6.30. The number of carbonyl (C=O) groups excluding carboxylic acids is 1. The van der Waals surface area contributed by atoms with Crippen molar-refractivity contribution in [2.24, 2.45) is 0 Å². The van der Waals surface area contributed by atoms with E-state index < -0.39 is 10.1 Å². The number of benzene rings is 2. The Kier molecular flexibility index (Phi) is 6.85. The Morgan fingerprint density at radius 2 is 1.71 bits per heavy atom. The van der Waals surface area contributed by atoms with E-state index in [9.17, 15) is 22.9 Å². The summed E-state index contributed by atoms with van der Waals surface area (Å²) >= 11 is 0. The molecule has 7 heteroatoms. The molecule has 1 aliphatic rings. The van der Waals surface area contributed by atoms with E-state index in [-0.39, 0.29) is 51.5 Å². The summed E-state index contributed by atoms with van der Waals surface area (Å²) in [5, 5.41) is 9.84. The normalized spacial score (nSPS) is 15.7. The van der Waals surface area contributed by atoms with Crippen LogP contribution in [0.3, 0.4) is 0 Å². The molecule has 0 spiro atoms. The second-order valence-corrected chi connectivity index (χ2v) is 7.65. The van der Waals surface area contributed by atoms with Crippen LogP contribution in [-0.4, -0.2) is 23.9 Å². The quantitative estimate of drug-likeness (QED) is 0.594. The molecule has 3 rings (SSSR count). The van der Waals surface area contributed by atoms with Crippen molar-refractivity contribution in [3.8, 4) is 5.75 Å². The molecule has 5 nitrogen and oxygen atoms in total. The first kappa shape index (κ1) is 22.3. The van der Waals surface area contributed by atoms with E-state index >= 15 is 0 Å². The van der Waals surface area contributed by atoms with Crippen molar-refractivity contribution in [2.75, 3.05) is 0 Å². The predicted molar refractivity (Wildman–Crippen MR) is 101 cm³/mol. The molecule has 0 unspecified atom stereocenters. The van der Waals surface area contributed by atoms with Crippen LogP contribution in [0.5, 0.6) is 5.75 Å². The molecule has 1 N–H and O–H groups in total.